The molecule has 2 aromatic carbocycles. The fraction of sp³-hybridized carbons (Fsp3) is 0.0625. The first-order valence-electron chi connectivity index (χ1n) is 6.02. The van der Waals surface area contributed by atoms with E-state index in [0.717, 1.165) is 10.5 Å². The fourth-order valence-corrected chi connectivity index (χ4v) is 2.72. The van der Waals surface area contributed by atoms with E-state index in [1.165, 1.54) is 6.08 Å². The average Bonchev–Trinajstić information content (AvgIpc) is 2.50. The van der Waals surface area contributed by atoms with Crippen molar-refractivity contribution in [2.75, 3.05) is 6.26 Å². The Balaban J connectivity index is 2.18. The van der Waals surface area contributed by atoms with Gasteiger partial charge < -0.3 is 0 Å². The van der Waals surface area contributed by atoms with Crippen molar-refractivity contribution in [3.05, 3.63) is 68.7 Å². The Kier molecular flexibility index (Phi) is 5.77. The summed E-state index contributed by atoms with van der Waals surface area (Å²) in [4.78, 5) is 13.2. The van der Waals surface area contributed by atoms with Gasteiger partial charge in [0, 0.05) is 10.5 Å². The van der Waals surface area contributed by atoms with Gasteiger partial charge in [0.1, 0.15) is 0 Å². The number of benzene rings is 2. The van der Waals surface area contributed by atoms with Crippen molar-refractivity contribution in [1.29, 1.82) is 0 Å². The molecule has 1 nitrogen and oxygen atoms in total. The van der Waals surface area contributed by atoms with E-state index in [1.54, 1.807) is 42.1 Å². The van der Waals surface area contributed by atoms with Gasteiger partial charge in [-0.25, -0.2) is 0 Å². The number of allylic oxidation sites excluding steroid dienone is 1. The summed E-state index contributed by atoms with van der Waals surface area (Å²) in [7, 11) is 0. The first-order chi connectivity index (χ1) is 10.0. The Bertz CT molecular complexity index is 670. The van der Waals surface area contributed by atoms with Crippen molar-refractivity contribution in [2.45, 2.75) is 4.90 Å². The number of halogens is 3. The van der Waals surface area contributed by atoms with Crippen LogP contribution in [-0.4, -0.2) is 12.0 Å². The SMILES string of the molecule is CSc1ccc(C(=O)/C=C/c2cc(Cl)c(Cl)c(Cl)c2)cc1. The molecule has 0 fully saturated rings. The van der Waals surface area contributed by atoms with E-state index in [2.05, 4.69) is 0 Å². The van der Waals surface area contributed by atoms with Crippen molar-refractivity contribution >= 4 is 58.4 Å². The molecule has 2 rings (SSSR count). The van der Waals surface area contributed by atoms with Gasteiger partial charge in [0.15, 0.2) is 5.78 Å². The van der Waals surface area contributed by atoms with Gasteiger partial charge in [-0.05, 0) is 54.3 Å². The number of hydrogen-bond acceptors (Lipinski definition) is 2. The largest absolute Gasteiger partial charge is 0.289 e. The maximum atomic E-state index is 12.1. The number of carbonyl (C=O) groups excluding carboxylic acids is 1. The molecule has 0 aromatic heterocycles. The van der Waals surface area contributed by atoms with Crippen LogP contribution >= 0.6 is 46.6 Å². The molecule has 0 heterocycles. The summed E-state index contributed by atoms with van der Waals surface area (Å²) in [6.07, 6.45) is 5.15. The molecule has 0 saturated heterocycles. The summed E-state index contributed by atoms with van der Waals surface area (Å²) >= 11 is 19.4. The molecule has 0 aliphatic heterocycles. The third-order valence-electron chi connectivity index (χ3n) is 2.81. The number of ketones is 1. The minimum atomic E-state index is -0.0788. The first-order valence-corrected chi connectivity index (χ1v) is 8.38. The number of hydrogen-bond donors (Lipinski definition) is 0. The van der Waals surface area contributed by atoms with E-state index in [1.807, 2.05) is 18.4 Å². The van der Waals surface area contributed by atoms with Crippen LogP contribution in [0.15, 0.2) is 47.4 Å². The van der Waals surface area contributed by atoms with Gasteiger partial charge in [0.2, 0.25) is 0 Å². The standard InChI is InChI=1S/C16H11Cl3OS/c1-21-12-5-3-11(4-6-12)15(20)7-2-10-8-13(17)16(19)14(18)9-10/h2-9H,1H3/b7-2+. The van der Waals surface area contributed by atoms with Crippen LogP contribution in [0, 0.1) is 0 Å². The molecule has 0 unspecified atom stereocenters. The molecule has 0 saturated carbocycles. The highest BCUT2D eigenvalue weighted by Gasteiger charge is 2.05. The molecule has 0 amide bonds. The molecule has 0 aliphatic rings. The van der Waals surface area contributed by atoms with Gasteiger partial charge in [-0.2, -0.15) is 0 Å². The highest BCUT2D eigenvalue weighted by molar-refractivity contribution is 7.98. The molecule has 0 spiro atoms. The number of thioether (sulfide) groups is 1. The Hall–Kier alpha value is -0.930. The number of rotatable bonds is 4. The number of carbonyl (C=O) groups is 1. The lowest BCUT2D eigenvalue weighted by Gasteiger charge is -2.01. The van der Waals surface area contributed by atoms with Crippen LogP contribution in [0.5, 0.6) is 0 Å². The minimum absolute atomic E-state index is 0.0788. The fourth-order valence-electron chi connectivity index (χ4n) is 1.69. The van der Waals surface area contributed by atoms with Gasteiger partial charge in [-0.15, -0.1) is 11.8 Å². The quantitative estimate of drug-likeness (QED) is 0.278. The lowest BCUT2D eigenvalue weighted by atomic mass is 10.1. The van der Waals surface area contributed by atoms with Crippen LogP contribution < -0.4 is 0 Å². The van der Waals surface area contributed by atoms with Crippen molar-refractivity contribution in [2.24, 2.45) is 0 Å². The third kappa shape index (κ3) is 4.27. The lowest BCUT2D eigenvalue weighted by Crippen LogP contribution is -1.93. The van der Waals surface area contributed by atoms with Crippen LogP contribution in [0.4, 0.5) is 0 Å². The molecular formula is C16H11Cl3OS. The summed E-state index contributed by atoms with van der Waals surface area (Å²) in [6.45, 7) is 0. The predicted octanol–water partition coefficient (Wildman–Crippen LogP) is 6.26. The van der Waals surface area contributed by atoms with E-state index in [0.29, 0.717) is 20.6 Å². The van der Waals surface area contributed by atoms with Gasteiger partial charge in [-0.1, -0.05) is 40.9 Å². The molecule has 0 atom stereocenters. The maximum absolute atomic E-state index is 12.1. The van der Waals surface area contributed by atoms with Gasteiger partial charge >= 0.3 is 0 Å². The van der Waals surface area contributed by atoms with E-state index in [9.17, 15) is 4.79 Å². The summed E-state index contributed by atoms with van der Waals surface area (Å²) in [6, 6.07) is 10.8. The summed E-state index contributed by atoms with van der Waals surface area (Å²) < 4.78 is 0. The zero-order valence-corrected chi connectivity index (χ0v) is 14.2. The zero-order valence-electron chi connectivity index (χ0n) is 11.1. The van der Waals surface area contributed by atoms with Crippen LogP contribution in [0.25, 0.3) is 6.08 Å². The topological polar surface area (TPSA) is 17.1 Å². The molecule has 108 valence electrons. The van der Waals surface area contributed by atoms with Gasteiger partial charge in [0.25, 0.3) is 0 Å². The van der Waals surface area contributed by atoms with Crippen molar-refractivity contribution in [3.63, 3.8) is 0 Å². The molecular weight excluding hydrogens is 347 g/mol. The predicted molar refractivity (Wildman–Crippen MR) is 93.1 cm³/mol. The Morgan fingerprint density at radius 3 is 2.14 bits per heavy atom. The summed E-state index contributed by atoms with van der Waals surface area (Å²) in [5.74, 6) is -0.0788. The van der Waals surface area contributed by atoms with E-state index in [4.69, 9.17) is 34.8 Å². The highest BCUT2D eigenvalue weighted by atomic mass is 35.5. The highest BCUT2D eigenvalue weighted by Crippen LogP contribution is 2.31. The maximum Gasteiger partial charge on any atom is 0.185 e. The minimum Gasteiger partial charge on any atom is -0.289 e. The molecule has 21 heavy (non-hydrogen) atoms. The summed E-state index contributed by atoms with van der Waals surface area (Å²) in [5, 5.41) is 1.04. The molecule has 5 heteroatoms. The second-order valence-corrected chi connectivity index (χ2v) is 6.30. The molecule has 0 aliphatic carbocycles. The van der Waals surface area contributed by atoms with Crippen molar-refractivity contribution < 1.29 is 4.79 Å². The third-order valence-corrected chi connectivity index (χ3v) is 4.75. The molecule has 0 bridgehead atoms. The van der Waals surface area contributed by atoms with Crippen LogP contribution in [0.3, 0.4) is 0 Å². The average molecular weight is 358 g/mol. The van der Waals surface area contributed by atoms with Gasteiger partial charge in [0.05, 0.1) is 15.1 Å². The monoisotopic (exact) mass is 356 g/mol. The second-order valence-electron chi connectivity index (χ2n) is 4.22. The van der Waals surface area contributed by atoms with E-state index in [-0.39, 0.29) is 5.78 Å². The van der Waals surface area contributed by atoms with Crippen LogP contribution in [0.2, 0.25) is 15.1 Å². The van der Waals surface area contributed by atoms with Crippen molar-refractivity contribution in [1.82, 2.24) is 0 Å². The van der Waals surface area contributed by atoms with E-state index < -0.39 is 0 Å². The first kappa shape index (κ1) is 16.4. The molecule has 0 radical (unpaired) electrons. The molecule has 2 aromatic rings. The van der Waals surface area contributed by atoms with Crippen molar-refractivity contribution in [3.8, 4) is 0 Å². The summed E-state index contributed by atoms with van der Waals surface area (Å²) in [5.41, 5.74) is 1.36. The van der Waals surface area contributed by atoms with Gasteiger partial charge in [-0.3, -0.25) is 4.79 Å². The normalized spacial score (nSPS) is 11.0. The Morgan fingerprint density at radius 1 is 1.05 bits per heavy atom. The zero-order chi connectivity index (χ0) is 15.4. The Labute approximate surface area is 142 Å². The van der Waals surface area contributed by atoms with E-state index >= 15 is 0 Å². The smallest absolute Gasteiger partial charge is 0.185 e. The second kappa shape index (κ2) is 7.37. The van der Waals surface area contributed by atoms with Crippen LogP contribution in [-0.2, 0) is 0 Å². The molecule has 0 N–H and O–H groups in total. The van der Waals surface area contributed by atoms with Crippen LogP contribution in [0.1, 0.15) is 15.9 Å². The lowest BCUT2D eigenvalue weighted by molar-refractivity contribution is 0.104. The Morgan fingerprint density at radius 2 is 1.62 bits per heavy atom.